The molecular weight excluding hydrogens is 344 g/mol. The number of fused-ring (bicyclic) bond motifs is 3. The van der Waals surface area contributed by atoms with Gasteiger partial charge in [0.1, 0.15) is 0 Å². The highest BCUT2D eigenvalue weighted by Crippen LogP contribution is 2.36. The minimum atomic E-state index is -0.868. The summed E-state index contributed by atoms with van der Waals surface area (Å²) in [6.07, 6.45) is 2.08. The van der Waals surface area contributed by atoms with Gasteiger partial charge in [-0.15, -0.1) is 0 Å². The minimum absolute atomic E-state index is 0.132. The van der Waals surface area contributed by atoms with Gasteiger partial charge >= 0.3 is 11.9 Å². The molecule has 1 aromatic carbocycles. The Balaban J connectivity index is 1.81. The number of aromatic nitrogens is 1. The monoisotopic (exact) mass is 372 g/mol. The van der Waals surface area contributed by atoms with E-state index in [1.54, 1.807) is 13.8 Å². The number of H-pyrrole nitrogens is 1. The maximum atomic E-state index is 12.3. The molecule has 0 bridgehead atoms. The lowest BCUT2D eigenvalue weighted by atomic mass is 9.92. The van der Waals surface area contributed by atoms with Crippen LogP contribution in [0, 0.1) is 5.92 Å². The minimum Gasteiger partial charge on any atom is -0.465 e. The normalized spacial score (nSPS) is 17.1. The fraction of sp³-hybridized carbons (Fsp3) is 0.524. The zero-order valence-corrected chi connectivity index (χ0v) is 16.3. The number of ether oxygens (including phenoxy) is 2. The van der Waals surface area contributed by atoms with E-state index in [1.807, 2.05) is 6.07 Å². The zero-order chi connectivity index (χ0) is 19.4. The SMILES string of the molecule is CCOC(=O)C(CCC1c2[nH]c3ccccc3c2CCN1C)C(=O)OCC. The van der Waals surface area contributed by atoms with Crippen molar-refractivity contribution in [1.82, 2.24) is 9.88 Å². The standard InChI is InChI=1S/C21H28N2O4/c1-4-26-20(24)16(21(25)27-5-2)10-11-18-19-15(12-13-23(18)3)14-8-6-7-9-17(14)22-19/h6-9,16,18,22H,4-5,10-13H2,1-3H3. The average molecular weight is 372 g/mol. The van der Waals surface area contributed by atoms with Crippen molar-refractivity contribution in [3.63, 3.8) is 0 Å². The van der Waals surface area contributed by atoms with Crippen LogP contribution in [0.1, 0.15) is 44.0 Å². The van der Waals surface area contributed by atoms with Gasteiger partial charge in [0, 0.05) is 29.2 Å². The third-order valence-corrected chi connectivity index (χ3v) is 5.30. The van der Waals surface area contributed by atoms with E-state index >= 15 is 0 Å². The van der Waals surface area contributed by atoms with Crippen LogP contribution in [0.3, 0.4) is 0 Å². The number of likely N-dealkylation sites (N-methyl/N-ethyl adjacent to an activating group) is 1. The second-order valence-corrected chi connectivity index (χ2v) is 6.94. The lowest BCUT2D eigenvalue weighted by molar-refractivity contribution is -0.162. The number of hydrogen-bond acceptors (Lipinski definition) is 5. The van der Waals surface area contributed by atoms with Crippen LogP contribution >= 0.6 is 0 Å². The molecule has 2 aromatic rings. The number of para-hydroxylation sites is 1. The van der Waals surface area contributed by atoms with Gasteiger partial charge in [0.2, 0.25) is 0 Å². The zero-order valence-electron chi connectivity index (χ0n) is 16.3. The van der Waals surface area contributed by atoms with Gasteiger partial charge in [-0.25, -0.2) is 0 Å². The summed E-state index contributed by atoms with van der Waals surface area (Å²) >= 11 is 0. The molecule has 6 heteroatoms. The Morgan fingerprint density at radius 3 is 2.52 bits per heavy atom. The van der Waals surface area contributed by atoms with E-state index in [1.165, 1.54) is 16.6 Å². The van der Waals surface area contributed by atoms with Crippen molar-refractivity contribution in [1.29, 1.82) is 0 Å². The molecule has 1 aromatic heterocycles. The molecule has 0 saturated heterocycles. The van der Waals surface area contributed by atoms with E-state index < -0.39 is 17.9 Å². The molecule has 27 heavy (non-hydrogen) atoms. The van der Waals surface area contributed by atoms with Crippen LogP contribution in [0.2, 0.25) is 0 Å². The quantitative estimate of drug-likeness (QED) is 0.597. The molecule has 1 aliphatic rings. The van der Waals surface area contributed by atoms with Crippen LogP contribution in [0.5, 0.6) is 0 Å². The molecule has 1 atom stereocenters. The van der Waals surface area contributed by atoms with E-state index in [-0.39, 0.29) is 19.3 Å². The molecule has 1 unspecified atom stereocenters. The first-order valence-electron chi connectivity index (χ1n) is 9.69. The maximum absolute atomic E-state index is 12.3. The fourth-order valence-corrected chi connectivity index (χ4v) is 3.95. The van der Waals surface area contributed by atoms with Crippen molar-refractivity contribution in [3.05, 3.63) is 35.5 Å². The van der Waals surface area contributed by atoms with Gasteiger partial charge in [0.05, 0.1) is 13.2 Å². The lowest BCUT2D eigenvalue weighted by Gasteiger charge is -2.33. The van der Waals surface area contributed by atoms with Crippen molar-refractivity contribution in [2.75, 3.05) is 26.8 Å². The number of carbonyl (C=O) groups is 2. The number of nitrogens with one attached hydrogen (secondary N) is 1. The Labute approximate surface area is 159 Å². The Morgan fingerprint density at radius 2 is 1.85 bits per heavy atom. The Hall–Kier alpha value is -2.34. The number of nitrogens with zero attached hydrogens (tertiary/aromatic N) is 1. The van der Waals surface area contributed by atoms with Gasteiger partial charge in [-0.2, -0.15) is 0 Å². The number of rotatable bonds is 7. The summed E-state index contributed by atoms with van der Waals surface area (Å²) in [5.74, 6) is -1.86. The molecule has 0 aliphatic carbocycles. The summed E-state index contributed by atoms with van der Waals surface area (Å²) in [4.78, 5) is 30.3. The van der Waals surface area contributed by atoms with Crippen molar-refractivity contribution in [2.24, 2.45) is 5.92 Å². The van der Waals surface area contributed by atoms with Gasteiger partial charge in [-0.1, -0.05) is 18.2 Å². The topological polar surface area (TPSA) is 71.6 Å². The van der Waals surface area contributed by atoms with E-state index in [9.17, 15) is 9.59 Å². The second-order valence-electron chi connectivity index (χ2n) is 6.94. The molecule has 6 nitrogen and oxygen atoms in total. The molecule has 0 saturated carbocycles. The van der Waals surface area contributed by atoms with E-state index in [4.69, 9.17) is 9.47 Å². The highest BCUT2D eigenvalue weighted by Gasteiger charge is 2.33. The third kappa shape index (κ3) is 4.00. The van der Waals surface area contributed by atoms with E-state index in [2.05, 4.69) is 35.1 Å². The van der Waals surface area contributed by atoms with Crippen molar-refractivity contribution in [2.45, 2.75) is 39.2 Å². The first-order chi connectivity index (χ1) is 13.1. The van der Waals surface area contributed by atoms with Gasteiger partial charge in [0.15, 0.2) is 5.92 Å². The predicted molar refractivity (Wildman–Crippen MR) is 103 cm³/mol. The molecule has 1 N–H and O–H groups in total. The molecule has 0 radical (unpaired) electrons. The number of aromatic amines is 1. The third-order valence-electron chi connectivity index (χ3n) is 5.30. The maximum Gasteiger partial charge on any atom is 0.320 e. The van der Waals surface area contributed by atoms with Gasteiger partial charge < -0.3 is 14.5 Å². The second kappa shape index (κ2) is 8.57. The van der Waals surface area contributed by atoms with E-state index in [0.29, 0.717) is 12.8 Å². The fourth-order valence-electron chi connectivity index (χ4n) is 3.95. The summed E-state index contributed by atoms with van der Waals surface area (Å²) in [7, 11) is 2.09. The van der Waals surface area contributed by atoms with Gasteiger partial charge in [-0.05, 0) is 51.8 Å². The van der Waals surface area contributed by atoms with E-state index in [0.717, 1.165) is 18.5 Å². The van der Waals surface area contributed by atoms with Crippen LogP contribution < -0.4 is 0 Å². The van der Waals surface area contributed by atoms with Crippen molar-refractivity contribution >= 4 is 22.8 Å². The van der Waals surface area contributed by atoms with Crippen LogP contribution in [0.15, 0.2) is 24.3 Å². The highest BCUT2D eigenvalue weighted by atomic mass is 16.6. The number of carbonyl (C=O) groups excluding carboxylic acids is 2. The lowest BCUT2D eigenvalue weighted by Crippen LogP contribution is -2.34. The van der Waals surface area contributed by atoms with Gasteiger partial charge in [-0.3, -0.25) is 14.5 Å². The molecule has 146 valence electrons. The molecule has 2 heterocycles. The largest absolute Gasteiger partial charge is 0.465 e. The highest BCUT2D eigenvalue weighted by molar-refractivity contribution is 5.94. The smallest absolute Gasteiger partial charge is 0.320 e. The summed E-state index contributed by atoms with van der Waals surface area (Å²) in [5.41, 5.74) is 3.67. The number of hydrogen-bond donors (Lipinski definition) is 1. The molecular formula is C21H28N2O4. The summed E-state index contributed by atoms with van der Waals surface area (Å²) in [6, 6.07) is 8.45. The Morgan fingerprint density at radius 1 is 1.19 bits per heavy atom. The van der Waals surface area contributed by atoms with Crippen LogP contribution in [0.25, 0.3) is 10.9 Å². The molecule has 0 amide bonds. The van der Waals surface area contributed by atoms with Crippen molar-refractivity contribution in [3.8, 4) is 0 Å². The Kier molecular flexibility index (Phi) is 6.16. The average Bonchev–Trinajstić information content (AvgIpc) is 3.02. The molecule has 3 rings (SSSR count). The summed E-state index contributed by atoms with van der Waals surface area (Å²) in [6.45, 7) is 4.94. The summed E-state index contributed by atoms with van der Waals surface area (Å²) in [5, 5.41) is 1.26. The van der Waals surface area contributed by atoms with Crippen molar-refractivity contribution < 1.29 is 19.1 Å². The first-order valence-corrected chi connectivity index (χ1v) is 9.69. The molecule has 1 aliphatic heterocycles. The number of benzene rings is 1. The van der Waals surface area contributed by atoms with Crippen LogP contribution in [0.4, 0.5) is 0 Å². The molecule has 0 spiro atoms. The molecule has 0 fully saturated rings. The van der Waals surface area contributed by atoms with Crippen LogP contribution in [-0.4, -0.2) is 48.6 Å². The summed E-state index contributed by atoms with van der Waals surface area (Å²) < 4.78 is 10.2. The van der Waals surface area contributed by atoms with Crippen LogP contribution in [-0.2, 0) is 25.5 Å². The first kappa shape index (κ1) is 19.4. The predicted octanol–water partition coefficient (Wildman–Crippen LogP) is 3.22. The Bertz CT molecular complexity index is 796. The van der Waals surface area contributed by atoms with Gasteiger partial charge in [0.25, 0.3) is 0 Å². The number of esters is 2.